The molecular weight excluding hydrogens is 451 g/mol. The molecule has 2 rings (SSSR count). The van der Waals surface area contributed by atoms with E-state index in [1.807, 2.05) is 57.2 Å². The van der Waals surface area contributed by atoms with Crippen molar-refractivity contribution in [2.75, 3.05) is 5.75 Å². The Morgan fingerprint density at radius 1 is 0.968 bits per heavy atom. The molecule has 0 aromatic heterocycles. The second-order valence-electron chi connectivity index (χ2n) is 7.44. The van der Waals surface area contributed by atoms with Gasteiger partial charge in [0.1, 0.15) is 6.04 Å². The van der Waals surface area contributed by atoms with Crippen LogP contribution in [0.1, 0.15) is 45.6 Å². The number of nitrogens with one attached hydrogen (secondary N) is 1. The van der Waals surface area contributed by atoms with Crippen molar-refractivity contribution in [3.63, 3.8) is 0 Å². The van der Waals surface area contributed by atoms with Crippen LogP contribution in [0.15, 0.2) is 53.4 Å². The van der Waals surface area contributed by atoms with Crippen LogP contribution in [0.4, 0.5) is 0 Å². The van der Waals surface area contributed by atoms with Gasteiger partial charge in [-0.25, -0.2) is 0 Å². The van der Waals surface area contributed by atoms with Gasteiger partial charge in [0.05, 0.1) is 0 Å². The molecule has 4 nitrogen and oxygen atoms in total. The van der Waals surface area contributed by atoms with Crippen LogP contribution in [0, 0.1) is 0 Å². The second-order valence-corrected chi connectivity index (χ2v) is 9.48. The van der Waals surface area contributed by atoms with E-state index in [1.165, 1.54) is 0 Å². The van der Waals surface area contributed by atoms with E-state index in [0.717, 1.165) is 16.9 Å². The Morgan fingerprint density at radius 2 is 1.55 bits per heavy atom. The number of carbonyl (C=O) groups excluding carboxylic acids is 2. The SMILES string of the molecule is CC[C@H](C(=O)N[C@@H](C)CC)N(Cc1ccc(Cl)cc1)C(=O)CCSc1ccc(Cl)cc1. The predicted molar refractivity (Wildman–Crippen MR) is 131 cm³/mol. The van der Waals surface area contributed by atoms with Gasteiger partial charge < -0.3 is 10.2 Å². The molecule has 2 amide bonds. The fraction of sp³-hybridized carbons (Fsp3) is 0.417. The zero-order valence-electron chi connectivity index (χ0n) is 18.2. The lowest BCUT2D eigenvalue weighted by atomic mass is 10.1. The van der Waals surface area contributed by atoms with Gasteiger partial charge in [0.15, 0.2) is 0 Å². The van der Waals surface area contributed by atoms with Crippen LogP contribution in [0.2, 0.25) is 10.0 Å². The summed E-state index contributed by atoms with van der Waals surface area (Å²) in [5, 5.41) is 4.36. The van der Waals surface area contributed by atoms with Crippen molar-refractivity contribution >= 4 is 46.8 Å². The average molecular weight is 481 g/mol. The van der Waals surface area contributed by atoms with Crippen molar-refractivity contribution in [2.45, 2.75) is 63.6 Å². The lowest BCUT2D eigenvalue weighted by Crippen LogP contribution is -2.50. The minimum atomic E-state index is -0.516. The highest BCUT2D eigenvalue weighted by atomic mass is 35.5. The number of benzene rings is 2. The fourth-order valence-corrected chi connectivity index (χ4v) is 4.17. The minimum Gasteiger partial charge on any atom is -0.352 e. The highest BCUT2D eigenvalue weighted by Gasteiger charge is 2.28. The minimum absolute atomic E-state index is 0.0393. The van der Waals surface area contributed by atoms with Gasteiger partial charge >= 0.3 is 0 Å². The molecule has 0 spiro atoms. The number of nitrogens with zero attached hydrogens (tertiary/aromatic N) is 1. The quantitative estimate of drug-likeness (QED) is 0.389. The summed E-state index contributed by atoms with van der Waals surface area (Å²) in [6.07, 6.45) is 1.73. The summed E-state index contributed by atoms with van der Waals surface area (Å²) in [5.41, 5.74) is 0.942. The number of thioether (sulfide) groups is 1. The Morgan fingerprint density at radius 3 is 2.10 bits per heavy atom. The topological polar surface area (TPSA) is 49.4 Å². The average Bonchev–Trinajstić information content (AvgIpc) is 2.76. The summed E-state index contributed by atoms with van der Waals surface area (Å²) < 4.78 is 0. The van der Waals surface area contributed by atoms with E-state index in [9.17, 15) is 9.59 Å². The summed E-state index contributed by atoms with van der Waals surface area (Å²) in [6.45, 7) is 6.30. The van der Waals surface area contributed by atoms with Crippen LogP contribution >= 0.6 is 35.0 Å². The molecule has 2 aromatic rings. The Labute approximate surface area is 199 Å². The van der Waals surface area contributed by atoms with Gasteiger partial charge in [-0.2, -0.15) is 0 Å². The van der Waals surface area contributed by atoms with Crippen molar-refractivity contribution in [1.29, 1.82) is 0 Å². The van der Waals surface area contributed by atoms with Crippen LogP contribution in [0.5, 0.6) is 0 Å². The molecule has 2 atom stereocenters. The number of rotatable bonds is 11. The Balaban J connectivity index is 2.12. The van der Waals surface area contributed by atoms with Crippen LogP contribution < -0.4 is 5.32 Å². The predicted octanol–water partition coefficient (Wildman–Crippen LogP) is 6.20. The Hall–Kier alpha value is -1.69. The standard InChI is InChI=1S/C24H30Cl2N2O2S/c1-4-17(3)27-24(30)22(5-2)28(16-18-6-8-19(25)9-7-18)23(29)14-15-31-21-12-10-20(26)11-13-21/h6-13,17,22H,4-5,14-16H2,1-3H3,(H,27,30)/t17-,22+/m0/s1. The zero-order valence-corrected chi connectivity index (χ0v) is 20.6. The van der Waals surface area contributed by atoms with E-state index < -0.39 is 6.04 Å². The molecule has 0 aliphatic carbocycles. The van der Waals surface area contributed by atoms with Crippen molar-refractivity contribution < 1.29 is 9.59 Å². The first-order chi connectivity index (χ1) is 14.8. The summed E-state index contributed by atoms with van der Waals surface area (Å²) in [7, 11) is 0. The summed E-state index contributed by atoms with van der Waals surface area (Å²) in [6, 6.07) is 14.5. The van der Waals surface area contributed by atoms with E-state index in [1.54, 1.807) is 28.8 Å². The van der Waals surface area contributed by atoms with Crippen LogP contribution in [0.25, 0.3) is 0 Å². The summed E-state index contributed by atoms with van der Waals surface area (Å²) in [4.78, 5) is 28.9. The molecule has 31 heavy (non-hydrogen) atoms. The largest absolute Gasteiger partial charge is 0.352 e. The van der Waals surface area contributed by atoms with E-state index in [4.69, 9.17) is 23.2 Å². The third-order valence-electron chi connectivity index (χ3n) is 5.05. The van der Waals surface area contributed by atoms with Gasteiger partial charge in [-0.1, -0.05) is 49.2 Å². The highest BCUT2D eigenvalue weighted by Crippen LogP contribution is 2.22. The molecule has 168 valence electrons. The van der Waals surface area contributed by atoms with Crippen molar-refractivity contribution in [3.8, 4) is 0 Å². The smallest absolute Gasteiger partial charge is 0.243 e. The van der Waals surface area contributed by atoms with Gasteiger partial charge in [0.25, 0.3) is 0 Å². The molecule has 0 fully saturated rings. The highest BCUT2D eigenvalue weighted by molar-refractivity contribution is 7.99. The molecular formula is C24H30Cl2N2O2S. The first-order valence-corrected chi connectivity index (χ1v) is 12.3. The lowest BCUT2D eigenvalue weighted by molar-refractivity contribution is -0.141. The molecule has 0 heterocycles. The molecule has 7 heteroatoms. The van der Waals surface area contributed by atoms with E-state index >= 15 is 0 Å². The first kappa shape index (κ1) is 25.6. The molecule has 0 aliphatic heterocycles. The van der Waals surface area contributed by atoms with Crippen LogP contribution in [-0.2, 0) is 16.1 Å². The van der Waals surface area contributed by atoms with Crippen molar-refractivity contribution in [2.24, 2.45) is 0 Å². The van der Waals surface area contributed by atoms with E-state index in [2.05, 4.69) is 5.32 Å². The van der Waals surface area contributed by atoms with Crippen molar-refractivity contribution in [3.05, 3.63) is 64.1 Å². The molecule has 0 radical (unpaired) electrons. The van der Waals surface area contributed by atoms with Gasteiger partial charge in [-0.05, 0) is 61.7 Å². The van der Waals surface area contributed by atoms with E-state index in [0.29, 0.717) is 35.2 Å². The van der Waals surface area contributed by atoms with Gasteiger partial charge in [0.2, 0.25) is 11.8 Å². The summed E-state index contributed by atoms with van der Waals surface area (Å²) in [5.74, 6) is 0.480. The molecule has 0 saturated carbocycles. The molecule has 2 aromatic carbocycles. The number of halogens is 2. The monoisotopic (exact) mass is 480 g/mol. The van der Waals surface area contributed by atoms with Gasteiger partial charge in [0, 0.05) is 39.7 Å². The number of amides is 2. The Bertz CT molecular complexity index is 844. The molecule has 0 unspecified atom stereocenters. The Kier molecular flexibility index (Phi) is 10.7. The van der Waals surface area contributed by atoms with E-state index in [-0.39, 0.29) is 17.9 Å². The maximum absolute atomic E-state index is 13.2. The van der Waals surface area contributed by atoms with Crippen LogP contribution in [-0.4, -0.2) is 34.6 Å². The lowest BCUT2D eigenvalue weighted by Gasteiger charge is -2.31. The third-order valence-corrected chi connectivity index (χ3v) is 6.57. The fourth-order valence-electron chi connectivity index (χ4n) is 3.08. The van der Waals surface area contributed by atoms with Gasteiger partial charge in [-0.3, -0.25) is 9.59 Å². The maximum Gasteiger partial charge on any atom is 0.243 e. The van der Waals surface area contributed by atoms with Crippen LogP contribution in [0.3, 0.4) is 0 Å². The first-order valence-electron chi connectivity index (χ1n) is 10.6. The summed E-state index contributed by atoms with van der Waals surface area (Å²) >= 11 is 13.5. The zero-order chi connectivity index (χ0) is 22.8. The normalized spacial score (nSPS) is 12.8. The molecule has 0 bridgehead atoms. The molecule has 0 aliphatic rings. The van der Waals surface area contributed by atoms with Crippen molar-refractivity contribution in [1.82, 2.24) is 10.2 Å². The number of carbonyl (C=O) groups is 2. The second kappa shape index (κ2) is 13.0. The van der Waals surface area contributed by atoms with Gasteiger partial charge in [-0.15, -0.1) is 11.8 Å². The molecule has 0 saturated heterocycles. The third kappa shape index (κ3) is 8.40. The number of hydrogen-bond donors (Lipinski definition) is 1. The maximum atomic E-state index is 13.2. The number of hydrogen-bond acceptors (Lipinski definition) is 3. The molecule has 1 N–H and O–H groups in total.